The molecule has 1 N–H and O–H groups in total. The largest absolute Gasteiger partial charge is 0.388 e. The Hall–Kier alpha value is 0.604. The van der Waals surface area contributed by atoms with Crippen LogP contribution < -0.4 is 0 Å². The molecule has 0 saturated heterocycles. The summed E-state index contributed by atoms with van der Waals surface area (Å²) in [6.07, 6.45) is -0.898. The number of carbonyl (C=O) groups is 1. The molecule has 39 valence electrons. The van der Waals surface area contributed by atoms with Crippen molar-refractivity contribution < 1.29 is 42.6 Å². The maximum absolute atomic E-state index is 9.78. The summed E-state index contributed by atoms with van der Waals surface area (Å²) < 4.78 is 0. The summed E-state index contributed by atoms with van der Waals surface area (Å²) in [4.78, 5) is 9.78. The molecule has 0 fully saturated rings. The monoisotopic (exact) mass is 176 g/mol. The third kappa shape index (κ3) is 6.60. The van der Waals surface area contributed by atoms with Crippen LogP contribution in [0.2, 0.25) is 0 Å². The van der Waals surface area contributed by atoms with Crippen LogP contribution in [0.3, 0.4) is 0 Å². The first-order chi connectivity index (χ1) is 2.64. The molecule has 0 aliphatic carbocycles. The van der Waals surface area contributed by atoms with Crippen molar-refractivity contribution in [2.45, 2.75) is 13.0 Å². The van der Waals surface area contributed by atoms with Gasteiger partial charge in [-0.2, -0.15) is 0 Å². The number of aliphatic hydroxyl groups excluding tert-OH is 1. The van der Waals surface area contributed by atoms with E-state index in [1.54, 1.807) is 0 Å². The Morgan fingerprint density at radius 3 is 2.00 bits per heavy atom. The van der Waals surface area contributed by atoms with E-state index in [1.165, 1.54) is 6.92 Å². The van der Waals surface area contributed by atoms with Crippen LogP contribution in [0.15, 0.2) is 0 Å². The van der Waals surface area contributed by atoms with E-state index in [0.717, 1.165) is 0 Å². The van der Waals surface area contributed by atoms with Crippen LogP contribution in [0.5, 0.6) is 0 Å². The van der Waals surface area contributed by atoms with Crippen molar-refractivity contribution in [3.63, 3.8) is 0 Å². The Bertz CT molecular complexity index is 60.7. The molecule has 0 aliphatic heterocycles. The molecule has 2 nitrogen and oxygen atoms in total. The van der Waals surface area contributed by atoms with E-state index >= 15 is 0 Å². The van der Waals surface area contributed by atoms with Crippen LogP contribution in [0, 0.1) is 6.92 Å². The number of hydrogen-bond acceptors (Lipinski definition) is 2. The second kappa shape index (κ2) is 4.76. The number of carbonyl (C=O) groups excluding carboxylic acids is 1. The normalized spacial score (nSPS) is 11.7. The molecule has 0 aromatic heterocycles. The number of hydrogen-bond donors (Lipinski definition) is 1. The predicted octanol–water partition coefficient (Wildman–Crippen LogP) is -0.232. The van der Waals surface area contributed by atoms with Crippen molar-refractivity contribution in [2.24, 2.45) is 0 Å². The molecular weight excluding hydrogens is 169 g/mol. The molecule has 3 heteroatoms. The molecule has 0 amide bonds. The number of ketones is 1. The quantitative estimate of drug-likeness (QED) is 0.560. The standard InChI is InChI=1S/C4H7O2.Y/c1-3(5)4(2)6;/h4,6H,1H2,2H3;/q-1;. The summed E-state index contributed by atoms with van der Waals surface area (Å²) in [6, 6.07) is 0. The fourth-order valence-corrected chi connectivity index (χ4v) is 0. The van der Waals surface area contributed by atoms with Crippen LogP contribution >= 0.6 is 0 Å². The Morgan fingerprint density at radius 2 is 2.00 bits per heavy atom. The van der Waals surface area contributed by atoms with Crippen LogP contribution in [-0.4, -0.2) is 17.0 Å². The molecule has 1 unspecified atom stereocenters. The molecule has 0 bridgehead atoms. The molecule has 0 aliphatic rings. The van der Waals surface area contributed by atoms with Crippen LogP contribution in [0.1, 0.15) is 6.92 Å². The fraction of sp³-hybridized carbons (Fsp3) is 0.500. The minimum atomic E-state index is -0.898. The minimum Gasteiger partial charge on any atom is -0.388 e. The van der Waals surface area contributed by atoms with E-state index in [1.807, 2.05) is 0 Å². The first-order valence-corrected chi connectivity index (χ1v) is 1.68. The maximum Gasteiger partial charge on any atom is 0.0808 e. The topological polar surface area (TPSA) is 37.3 Å². The van der Waals surface area contributed by atoms with Gasteiger partial charge in [-0.25, -0.2) is 0 Å². The SMILES string of the molecule is [CH2-]C(=O)C(C)O.[Y]. The zero-order chi connectivity index (χ0) is 5.15. The average Bonchev–Trinajstić information content (AvgIpc) is 1.36. The zero-order valence-corrected chi connectivity index (χ0v) is 7.06. The second-order valence-electron chi connectivity index (χ2n) is 1.14. The van der Waals surface area contributed by atoms with Crippen LogP contribution in [-0.2, 0) is 37.5 Å². The Balaban J connectivity index is 0. The van der Waals surface area contributed by atoms with Gasteiger partial charge in [-0.15, -0.1) is 0 Å². The van der Waals surface area contributed by atoms with Gasteiger partial charge in [-0.3, -0.25) is 0 Å². The number of rotatable bonds is 1. The molecule has 1 atom stereocenters. The molecule has 0 aromatic carbocycles. The van der Waals surface area contributed by atoms with E-state index in [9.17, 15) is 4.79 Å². The Labute approximate surface area is 68.2 Å². The molecule has 0 spiro atoms. The smallest absolute Gasteiger partial charge is 0.0808 e. The summed E-state index contributed by atoms with van der Waals surface area (Å²) in [7, 11) is 0. The Morgan fingerprint density at radius 1 is 1.86 bits per heavy atom. The van der Waals surface area contributed by atoms with Crippen molar-refractivity contribution in [1.29, 1.82) is 0 Å². The van der Waals surface area contributed by atoms with Gasteiger partial charge >= 0.3 is 0 Å². The van der Waals surface area contributed by atoms with Gasteiger partial charge in [0.15, 0.2) is 0 Å². The molecule has 0 saturated carbocycles. The van der Waals surface area contributed by atoms with Gasteiger partial charge in [0.05, 0.1) is 6.10 Å². The van der Waals surface area contributed by atoms with Gasteiger partial charge in [-0.05, 0) is 6.92 Å². The molecule has 7 heavy (non-hydrogen) atoms. The predicted molar refractivity (Wildman–Crippen MR) is 22.0 cm³/mol. The average molecular weight is 176 g/mol. The van der Waals surface area contributed by atoms with Crippen molar-refractivity contribution in [3.8, 4) is 0 Å². The van der Waals surface area contributed by atoms with E-state index in [4.69, 9.17) is 5.11 Å². The minimum absolute atomic E-state index is 0. The van der Waals surface area contributed by atoms with Crippen molar-refractivity contribution in [2.75, 3.05) is 0 Å². The van der Waals surface area contributed by atoms with E-state index in [0.29, 0.717) is 0 Å². The first kappa shape index (κ1) is 10.6. The fourth-order valence-electron chi connectivity index (χ4n) is 0. The summed E-state index contributed by atoms with van der Waals surface area (Å²) in [5.41, 5.74) is 0. The van der Waals surface area contributed by atoms with E-state index in [2.05, 4.69) is 6.92 Å². The van der Waals surface area contributed by atoms with Gasteiger partial charge < -0.3 is 16.8 Å². The number of aliphatic hydroxyl groups is 1. The van der Waals surface area contributed by atoms with Crippen molar-refractivity contribution in [1.82, 2.24) is 0 Å². The summed E-state index contributed by atoms with van der Waals surface area (Å²) in [5, 5.41) is 8.22. The van der Waals surface area contributed by atoms with Gasteiger partial charge in [0, 0.05) is 38.5 Å². The summed E-state index contributed by atoms with van der Waals surface area (Å²) >= 11 is 0. The van der Waals surface area contributed by atoms with Crippen LogP contribution in [0.25, 0.3) is 0 Å². The van der Waals surface area contributed by atoms with Gasteiger partial charge in [0.1, 0.15) is 0 Å². The van der Waals surface area contributed by atoms with Gasteiger partial charge in [-0.1, -0.05) is 0 Å². The third-order valence-electron chi connectivity index (χ3n) is 0.466. The first-order valence-electron chi connectivity index (χ1n) is 1.68. The molecule has 0 rings (SSSR count). The van der Waals surface area contributed by atoms with Crippen molar-refractivity contribution >= 4 is 5.78 Å². The second-order valence-corrected chi connectivity index (χ2v) is 1.14. The zero-order valence-electron chi connectivity index (χ0n) is 4.22. The molecule has 1 radical (unpaired) electrons. The van der Waals surface area contributed by atoms with E-state index in [-0.39, 0.29) is 32.7 Å². The molecular formula is C4H7O2Y-. The maximum atomic E-state index is 9.78. The van der Waals surface area contributed by atoms with Gasteiger partial charge in [0.25, 0.3) is 0 Å². The summed E-state index contributed by atoms with van der Waals surface area (Å²) in [6.45, 7) is 4.33. The third-order valence-corrected chi connectivity index (χ3v) is 0.466. The van der Waals surface area contributed by atoms with Crippen LogP contribution in [0.4, 0.5) is 0 Å². The van der Waals surface area contributed by atoms with E-state index < -0.39 is 11.9 Å². The Kier molecular flexibility index (Phi) is 7.17. The molecule has 0 aromatic rings. The van der Waals surface area contributed by atoms with Gasteiger partial charge in [0.2, 0.25) is 0 Å². The summed E-state index contributed by atoms with van der Waals surface area (Å²) in [5.74, 6) is -0.435. The van der Waals surface area contributed by atoms with Crippen molar-refractivity contribution in [3.05, 3.63) is 6.92 Å². The number of Topliss-reactive ketones (excluding diaryl/α,β-unsaturated/α-hetero) is 1. The molecule has 0 heterocycles.